The minimum absolute atomic E-state index is 0.208. The third-order valence-electron chi connectivity index (χ3n) is 2.61. The van der Waals surface area contributed by atoms with Crippen molar-refractivity contribution in [2.24, 2.45) is 10.7 Å². The number of hydrogen-bond donors (Lipinski definition) is 2. The summed E-state index contributed by atoms with van der Waals surface area (Å²) in [7, 11) is 0. The van der Waals surface area contributed by atoms with E-state index >= 15 is 0 Å². The fraction of sp³-hybridized carbons (Fsp3) is 0.300. The third-order valence-corrected chi connectivity index (χ3v) is 2.61. The lowest BCUT2D eigenvalue weighted by atomic mass is 10.1. The minimum Gasteiger partial charge on any atom is -0.383 e. The summed E-state index contributed by atoms with van der Waals surface area (Å²) in [5.41, 5.74) is 6.47. The maximum atomic E-state index is 12.7. The van der Waals surface area contributed by atoms with Gasteiger partial charge < -0.3 is 16.0 Å². The molecule has 0 aromatic rings. The Hall–Kier alpha value is -1.92. The Morgan fingerprint density at radius 3 is 2.82 bits per heavy atom. The van der Waals surface area contributed by atoms with E-state index in [1.54, 1.807) is 12.3 Å². The largest absolute Gasteiger partial charge is 0.408 e. The molecule has 2 rings (SSSR count). The Morgan fingerprint density at radius 1 is 1.47 bits per heavy atom. The zero-order valence-electron chi connectivity index (χ0n) is 8.99. The van der Waals surface area contributed by atoms with Crippen LogP contribution in [0.15, 0.2) is 40.6 Å². The molecule has 0 amide bonds. The standard InChI is InChI=1S/C10H11F3N4/c1-6(10(11,12)13)17-5-16-9(14)7-2-3-15-4-8(7)17/h2-6,15H,14H2,1H3. The van der Waals surface area contributed by atoms with Crippen molar-refractivity contribution in [3.63, 3.8) is 0 Å². The van der Waals surface area contributed by atoms with Gasteiger partial charge in [-0.05, 0) is 13.0 Å². The highest BCUT2D eigenvalue weighted by molar-refractivity contribution is 5.68. The van der Waals surface area contributed by atoms with Gasteiger partial charge in [0.25, 0.3) is 0 Å². The highest BCUT2D eigenvalue weighted by Crippen LogP contribution is 2.31. The molecule has 1 unspecified atom stereocenters. The normalized spacial score (nSPS) is 20.9. The first kappa shape index (κ1) is 11.6. The number of nitrogens with one attached hydrogen (secondary N) is 1. The maximum absolute atomic E-state index is 12.7. The number of aliphatic imine (C=N–C) groups is 1. The summed E-state index contributed by atoms with van der Waals surface area (Å²) >= 11 is 0. The van der Waals surface area contributed by atoms with Gasteiger partial charge in [-0.2, -0.15) is 13.2 Å². The number of dihydropyridines is 1. The molecule has 17 heavy (non-hydrogen) atoms. The van der Waals surface area contributed by atoms with E-state index in [1.807, 2.05) is 0 Å². The van der Waals surface area contributed by atoms with Crippen LogP contribution in [0.4, 0.5) is 13.2 Å². The molecule has 0 spiro atoms. The number of halogens is 3. The zero-order chi connectivity index (χ0) is 12.6. The molecule has 0 aliphatic carbocycles. The first-order chi connectivity index (χ1) is 7.91. The van der Waals surface area contributed by atoms with Crippen LogP contribution in [0.1, 0.15) is 6.92 Å². The van der Waals surface area contributed by atoms with Gasteiger partial charge in [0.1, 0.15) is 11.9 Å². The number of allylic oxidation sites excluding steroid dienone is 1. The Labute approximate surface area is 96.0 Å². The van der Waals surface area contributed by atoms with Crippen molar-refractivity contribution in [1.29, 1.82) is 0 Å². The molecular weight excluding hydrogens is 233 g/mol. The molecule has 3 N–H and O–H groups in total. The summed E-state index contributed by atoms with van der Waals surface area (Å²) in [4.78, 5) is 4.81. The molecule has 0 radical (unpaired) electrons. The monoisotopic (exact) mass is 244 g/mol. The predicted molar refractivity (Wildman–Crippen MR) is 57.4 cm³/mol. The molecule has 0 saturated heterocycles. The fourth-order valence-corrected chi connectivity index (χ4v) is 1.57. The van der Waals surface area contributed by atoms with Crippen LogP contribution < -0.4 is 11.1 Å². The second kappa shape index (κ2) is 3.83. The van der Waals surface area contributed by atoms with E-state index in [9.17, 15) is 13.2 Å². The number of fused-ring (bicyclic) bond motifs is 1. The van der Waals surface area contributed by atoms with E-state index in [1.165, 1.54) is 6.20 Å². The Bertz CT molecular complexity index is 445. The van der Waals surface area contributed by atoms with Gasteiger partial charge in [-0.25, -0.2) is 4.99 Å². The summed E-state index contributed by atoms with van der Waals surface area (Å²) in [5.74, 6) is 0.208. The summed E-state index contributed by atoms with van der Waals surface area (Å²) < 4.78 is 38.0. The lowest BCUT2D eigenvalue weighted by Gasteiger charge is -2.34. The van der Waals surface area contributed by atoms with Gasteiger partial charge in [-0.15, -0.1) is 0 Å². The van der Waals surface area contributed by atoms with Crippen LogP contribution in [-0.4, -0.2) is 23.5 Å². The molecule has 0 aromatic heterocycles. The van der Waals surface area contributed by atoms with E-state index in [0.717, 1.165) is 18.2 Å². The Morgan fingerprint density at radius 2 is 2.18 bits per heavy atom. The van der Waals surface area contributed by atoms with Crippen molar-refractivity contribution in [3.8, 4) is 0 Å². The highest BCUT2D eigenvalue weighted by atomic mass is 19.4. The first-order valence-corrected chi connectivity index (χ1v) is 4.93. The number of alkyl halides is 3. The Balaban J connectivity index is 2.35. The van der Waals surface area contributed by atoms with Gasteiger partial charge in [0.05, 0.1) is 12.0 Å². The average molecular weight is 244 g/mol. The topological polar surface area (TPSA) is 53.6 Å². The van der Waals surface area contributed by atoms with Gasteiger partial charge in [-0.1, -0.05) is 0 Å². The molecule has 0 aromatic carbocycles. The van der Waals surface area contributed by atoms with Crippen molar-refractivity contribution in [1.82, 2.24) is 10.2 Å². The smallest absolute Gasteiger partial charge is 0.383 e. The van der Waals surface area contributed by atoms with Gasteiger partial charge in [0.15, 0.2) is 0 Å². The summed E-state index contributed by atoms with van der Waals surface area (Å²) in [6.07, 6.45) is 1.42. The maximum Gasteiger partial charge on any atom is 0.408 e. The van der Waals surface area contributed by atoms with Crippen molar-refractivity contribution in [2.45, 2.75) is 19.1 Å². The van der Waals surface area contributed by atoms with E-state index in [-0.39, 0.29) is 5.82 Å². The molecule has 7 heteroatoms. The van der Waals surface area contributed by atoms with Crippen LogP contribution in [0.2, 0.25) is 0 Å². The molecular formula is C10H11F3N4. The van der Waals surface area contributed by atoms with Crippen LogP contribution in [0.5, 0.6) is 0 Å². The summed E-state index contributed by atoms with van der Waals surface area (Å²) in [5, 5.41) is 2.74. The lowest BCUT2D eigenvalue weighted by Crippen LogP contribution is -2.44. The van der Waals surface area contributed by atoms with Gasteiger partial charge in [-0.3, -0.25) is 0 Å². The average Bonchev–Trinajstić information content (AvgIpc) is 2.28. The molecule has 92 valence electrons. The third kappa shape index (κ3) is 2.00. The van der Waals surface area contributed by atoms with E-state index in [4.69, 9.17) is 5.73 Å². The Kier molecular flexibility index (Phi) is 2.60. The van der Waals surface area contributed by atoms with Crippen LogP contribution >= 0.6 is 0 Å². The van der Waals surface area contributed by atoms with Crippen LogP contribution in [-0.2, 0) is 0 Å². The SMILES string of the molecule is CC(N1C=NC(N)=C2C=CNC=C21)C(F)(F)F. The van der Waals surface area contributed by atoms with Crippen LogP contribution in [0.3, 0.4) is 0 Å². The molecule has 0 fully saturated rings. The first-order valence-electron chi connectivity index (χ1n) is 4.93. The van der Waals surface area contributed by atoms with Crippen molar-refractivity contribution in [3.05, 3.63) is 35.6 Å². The minimum atomic E-state index is -4.33. The van der Waals surface area contributed by atoms with Crippen molar-refractivity contribution < 1.29 is 13.2 Å². The lowest BCUT2D eigenvalue weighted by molar-refractivity contribution is -0.164. The second-order valence-corrected chi connectivity index (χ2v) is 3.70. The zero-order valence-corrected chi connectivity index (χ0v) is 8.99. The van der Waals surface area contributed by atoms with Crippen molar-refractivity contribution >= 4 is 6.34 Å². The van der Waals surface area contributed by atoms with Crippen LogP contribution in [0, 0.1) is 0 Å². The summed E-state index contributed by atoms with van der Waals surface area (Å²) in [6.45, 7) is 1.07. The fourth-order valence-electron chi connectivity index (χ4n) is 1.57. The molecule has 1 atom stereocenters. The molecule has 0 saturated carbocycles. The molecule has 4 nitrogen and oxygen atoms in total. The quantitative estimate of drug-likeness (QED) is 0.733. The number of nitrogens with zero attached hydrogens (tertiary/aromatic N) is 2. The van der Waals surface area contributed by atoms with E-state index in [2.05, 4.69) is 10.3 Å². The van der Waals surface area contributed by atoms with E-state index < -0.39 is 12.2 Å². The second-order valence-electron chi connectivity index (χ2n) is 3.70. The van der Waals surface area contributed by atoms with E-state index in [0.29, 0.717) is 11.3 Å². The number of hydrogen-bond acceptors (Lipinski definition) is 4. The molecule has 0 bridgehead atoms. The summed E-state index contributed by atoms with van der Waals surface area (Å²) in [6, 6.07) is -1.66. The highest BCUT2D eigenvalue weighted by Gasteiger charge is 2.42. The predicted octanol–water partition coefficient (Wildman–Crippen LogP) is 1.41. The van der Waals surface area contributed by atoms with Crippen molar-refractivity contribution in [2.75, 3.05) is 0 Å². The number of nitrogens with two attached hydrogens (primary N) is 1. The molecule has 2 aliphatic heterocycles. The van der Waals surface area contributed by atoms with Gasteiger partial charge in [0.2, 0.25) is 0 Å². The van der Waals surface area contributed by atoms with Gasteiger partial charge in [0, 0.05) is 18.0 Å². The van der Waals surface area contributed by atoms with Gasteiger partial charge >= 0.3 is 6.18 Å². The molecule has 2 heterocycles. The number of rotatable bonds is 1. The molecule has 2 aliphatic rings. The van der Waals surface area contributed by atoms with Crippen LogP contribution in [0.25, 0.3) is 0 Å².